The van der Waals surface area contributed by atoms with Crippen molar-refractivity contribution in [3.8, 4) is 17.7 Å². The van der Waals surface area contributed by atoms with Crippen LogP contribution in [0.4, 0.5) is 0 Å². The molecule has 0 aliphatic carbocycles. The fourth-order valence-electron chi connectivity index (χ4n) is 1.76. The van der Waals surface area contributed by atoms with Crippen LogP contribution in [-0.4, -0.2) is 4.98 Å². The summed E-state index contributed by atoms with van der Waals surface area (Å²) in [5.41, 5.74) is 1.84. The summed E-state index contributed by atoms with van der Waals surface area (Å²) in [6.45, 7) is 4.38. The maximum absolute atomic E-state index is 8.82. The summed E-state index contributed by atoms with van der Waals surface area (Å²) in [4.78, 5) is 4.08. The Labute approximate surface area is 113 Å². The lowest BCUT2D eigenvalue weighted by Crippen LogP contribution is -1.92. The van der Waals surface area contributed by atoms with Gasteiger partial charge in [0.1, 0.15) is 5.75 Å². The summed E-state index contributed by atoms with van der Waals surface area (Å²) < 4.78 is 5.63. The molecule has 1 aromatic heterocycles. The van der Waals surface area contributed by atoms with Crippen molar-refractivity contribution in [1.82, 2.24) is 4.98 Å². The zero-order chi connectivity index (χ0) is 13.7. The zero-order valence-corrected chi connectivity index (χ0v) is 11.1. The molecule has 0 spiro atoms. The summed E-state index contributed by atoms with van der Waals surface area (Å²) in [6.07, 6.45) is 2.69. The molecule has 19 heavy (non-hydrogen) atoms. The first-order valence-corrected chi connectivity index (χ1v) is 6.37. The van der Waals surface area contributed by atoms with E-state index in [1.807, 2.05) is 12.1 Å². The van der Waals surface area contributed by atoms with E-state index in [0.717, 1.165) is 12.2 Å². The minimum Gasteiger partial charge on any atom is -0.439 e. The molecule has 0 fully saturated rings. The number of nitriles is 1. The van der Waals surface area contributed by atoms with Crippen LogP contribution in [0.15, 0.2) is 42.6 Å². The van der Waals surface area contributed by atoms with Gasteiger partial charge in [-0.15, -0.1) is 0 Å². The largest absolute Gasteiger partial charge is 0.439 e. The molecule has 1 aromatic carbocycles. The van der Waals surface area contributed by atoms with Gasteiger partial charge in [-0.1, -0.05) is 26.0 Å². The van der Waals surface area contributed by atoms with Gasteiger partial charge in [-0.05, 0) is 36.1 Å². The van der Waals surface area contributed by atoms with E-state index in [-0.39, 0.29) is 0 Å². The highest BCUT2D eigenvalue weighted by molar-refractivity contribution is 5.35. The smallest absolute Gasteiger partial charge is 0.220 e. The molecule has 0 amide bonds. The van der Waals surface area contributed by atoms with Crippen LogP contribution in [0.5, 0.6) is 11.6 Å². The Hall–Kier alpha value is -2.34. The second-order valence-corrected chi connectivity index (χ2v) is 4.47. The SMILES string of the molecule is CCC(C)c1ccc(Oc2cc(C#N)ccn2)cc1. The molecule has 1 unspecified atom stereocenters. The molecule has 1 heterocycles. The number of rotatable bonds is 4. The van der Waals surface area contributed by atoms with Gasteiger partial charge in [-0.3, -0.25) is 0 Å². The highest BCUT2D eigenvalue weighted by Gasteiger charge is 2.04. The molecule has 0 radical (unpaired) electrons. The lowest BCUT2D eigenvalue weighted by molar-refractivity contribution is 0.462. The van der Waals surface area contributed by atoms with Crippen molar-refractivity contribution in [3.05, 3.63) is 53.7 Å². The molecule has 2 rings (SSSR count). The zero-order valence-electron chi connectivity index (χ0n) is 11.1. The second kappa shape index (κ2) is 6.01. The minimum atomic E-state index is 0.440. The van der Waals surface area contributed by atoms with Crippen molar-refractivity contribution in [3.63, 3.8) is 0 Å². The monoisotopic (exact) mass is 252 g/mol. The van der Waals surface area contributed by atoms with Gasteiger partial charge in [0.15, 0.2) is 0 Å². The van der Waals surface area contributed by atoms with E-state index in [4.69, 9.17) is 10.00 Å². The van der Waals surface area contributed by atoms with Crippen LogP contribution in [0.2, 0.25) is 0 Å². The third kappa shape index (κ3) is 3.32. The van der Waals surface area contributed by atoms with Gasteiger partial charge in [-0.25, -0.2) is 4.98 Å². The van der Waals surface area contributed by atoms with Crippen molar-refractivity contribution in [2.45, 2.75) is 26.2 Å². The predicted octanol–water partition coefficient (Wildman–Crippen LogP) is 4.26. The van der Waals surface area contributed by atoms with Crippen molar-refractivity contribution < 1.29 is 4.74 Å². The summed E-state index contributed by atoms with van der Waals surface area (Å²) in [5.74, 6) is 1.72. The number of nitrogens with zero attached hydrogens (tertiary/aromatic N) is 2. The lowest BCUT2D eigenvalue weighted by atomic mass is 9.99. The first kappa shape index (κ1) is 13.1. The predicted molar refractivity (Wildman–Crippen MR) is 74.2 cm³/mol. The topological polar surface area (TPSA) is 45.9 Å². The molecule has 0 bridgehead atoms. The maximum atomic E-state index is 8.82. The average Bonchev–Trinajstić information content (AvgIpc) is 2.47. The van der Waals surface area contributed by atoms with Crippen molar-refractivity contribution in [2.24, 2.45) is 0 Å². The Balaban J connectivity index is 2.13. The van der Waals surface area contributed by atoms with Crippen LogP contribution in [0.25, 0.3) is 0 Å². The van der Waals surface area contributed by atoms with E-state index in [9.17, 15) is 0 Å². The van der Waals surface area contributed by atoms with Gasteiger partial charge in [0.2, 0.25) is 5.88 Å². The van der Waals surface area contributed by atoms with Crippen LogP contribution in [0, 0.1) is 11.3 Å². The normalized spacial score (nSPS) is 11.6. The van der Waals surface area contributed by atoms with E-state index in [2.05, 4.69) is 37.0 Å². The Morgan fingerprint density at radius 3 is 2.63 bits per heavy atom. The fraction of sp³-hybridized carbons (Fsp3) is 0.250. The molecule has 2 aromatic rings. The molecule has 3 heteroatoms. The van der Waals surface area contributed by atoms with Crippen molar-refractivity contribution in [2.75, 3.05) is 0 Å². The number of hydrogen-bond acceptors (Lipinski definition) is 3. The summed E-state index contributed by atoms with van der Waals surface area (Å²) in [5, 5.41) is 8.82. The number of hydrogen-bond donors (Lipinski definition) is 0. The van der Waals surface area contributed by atoms with E-state index in [1.54, 1.807) is 18.3 Å². The highest BCUT2D eigenvalue weighted by Crippen LogP contribution is 2.24. The molecule has 0 saturated carbocycles. The Bertz CT molecular complexity index is 584. The van der Waals surface area contributed by atoms with Gasteiger partial charge < -0.3 is 4.74 Å². The third-order valence-electron chi connectivity index (χ3n) is 3.15. The Morgan fingerprint density at radius 2 is 2.00 bits per heavy atom. The third-order valence-corrected chi connectivity index (χ3v) is 3.15. The lowest BCUT2D eigenvalue weighted by Gasteiger charge is -2.10. The molecule has 1 atom stereocenters. The summed E-state index contributed by atoms with van der Waals surface area (Å²) >= 11 is 0. The molecular formula is C16H16N2O. The molecule has 0 aliphatic rings. The molecule has 96 valence electrons. The molecule has 3 nitrogen and oxygen atoms in total. The second-order valence-electron chi connectivity index (χ2n) is 4.47. The maximum Gasteiger partial charge on any atom is 0.220 e. The van der Waals surface area contributed by atoms with Gasteiger partial charge in [0, 0.05) is 12.3 Å². The number of pyridine rings is 1. The first-order valence-electron chi connectivity index (χ1n) is 6.37. The number of benzene rings is 1. The van der Waals surface area contributed by atoms with Crippen LogP contribution in [0.3, 0.4) is 0 Å². The molecular weight excluding hydrogens is 236 g/mol. The van der Waals surface area contributed by atoms with Crippen LogP contribution in [-0.2, 0) is 0 Å². The van der Waals surface area contributed by atoms with Crippen molar-refractivity contribution in [1.29, 1.82) is 5.26 Å². The highest BCUT2D eigenvalue weighted by atomic mass is 16.5. The average molecular weight is 252 g/mol. The number of aromatic nitrogens is 1. The molecule has 0 saturated heterocycles. The van der Waals surface area contributed by atoms with Crippen LogP contribution >= 0.6 is 0 Å². The Morgan fingerprint density at radius 1 is 1.26 bits per heavy atom. The standard InChI is InChI=1S/C16H16N2O/c1-3-12(2)14-4-6-15(7-5-14)19-16-10-13(11-17)8-9-18-16/h4-10,12H,3H2,1-2H3. The van der Waals surface area contributed by atoms with Gasteiger partial charge in [0.25, 0.3) is 0 Å². The summed E-state index contributed by atoms with van der Waals surface area (Å²) in [7, 11) is 0. The van der Waals surface area contributed by atoms with Gasteiger partial charge >= 0.3 is 0 Å². The van der Waals surface area contributed by atoms with E-state index >= 15 is 0 Å². The first-order chi connectivity index (χ1) is 9.22. The van der Waals surface area contributed by atoms with Crippen LogP contribution in [0.1, 0.15) is 37.3 Å². The quantitative estimate of drug-likeness (QED) is 0.816. The fourth-order valence-corrected chi connectivity index (χ4v) is 1.76. The van der Waals surface area contributed by atoms with E-state index < -0.39 is 0 Å². The molecule has 0 N–H and O–H groups in total. The summed E-state index contributed by atoms with van der Waals surface area (Å²) in [6, 6.07) is 13.3. The van der Waals surface area contributed by atoms with E-state index in [1.165, 1.54) is 5.56 Å². The van der Waals surface area contributed by atoms with Crippen molar-refractivity contribution >= 4 is 0 Å². The van der Waals surface area contributed by atoms with Gasteiger partial charge in [-0.2, -0.15) is 5.26 Å². The Kier molecular flexibility index (Phi) is 4.15. The van der Waals surface area contributed by atoms with Gasteiger partial charge in [0.05, 0.1) is 11.6 Å². The van der Waals surface area contributed by atoms with E-state index in [0.29, 0.717) is 17.4 Å². The van der Waals surface area contributed by atoms with Crippen LogP contribution < -0.4 is 4.74 Å². The number of ether oxygens (including phenoxy) is 1. The molecule has 0 aliphatic heterocycles. The minimum absolute atomic E-state index is 0.440.